The van der Waals surface area contributed by atoms with Crippen LogP contribution in [0.2, 0.25) is 0 Å². The van der Waals surface area contributed by atoms with Crippen molar-refractivity contribution in [2.24, 2.45) is 7.05 Å². The molecule has 1 aliphatic rings. The number of benzene rings is 1. The standard InChI is InChI=1S/C16H13N2/c1-10-9-11-7-8-18(2)16-13-6-4-3-5-12(13)15(17-10)14(11)16/h3-9H,1-2H3/q+1. The van der Waals surface area contributed by atoms with Crippen molar-refractivity contribution in [2.45, 2.75) is 6.92 Å². The maximum atomic E-state index is 4.74. The van der Waals surface area contributed by atoms with Gasteiger partial charge in [0.2, 0.25) is 5.69 Å². The summed E-state index contributed by atoms with van der Waals surface area (Å²) in [5.41, 5.74) is 6.04. The molecule has 0 spiro atoms. The highest BCUT2D eigenvalue weighted by Gasteiger charge is 2.29. The summed E-state index contributed by atoms with van der Waals surface area (Å²) in [7, 11) is 2.10. The summed E-state index contributed by atoms with van der Waals surface area (Å²) in [5.74, 6) is 0. The molecule has 0 saturated carbocycles. The molecule has 2 heterocycles. The molecule has 0 fully saturated rings. The quantitative estimate of drug-likeness (QED) is 0.427. The summed E-state index contributed by atoms with van der Waals surface area (Å²) >= 11 is 0. The molecule has 0 unspecified atom stereocenters. The number of pyridine rings is 2. The molecule has 86 valence electrons. The van der Waals surface area contributed by atoms with E-state index in [0.717, 1.165) is 11.4 Å². The zero-order valence-corrected chi connectivity index (χ0v) is 10.4. The van der Waals surface area contributed by atoms with Crippen LogP contribution >= 0.6 is 0 Å². The van der Waals surface area contributed by atoms with E-state index in [1.54, 1.807) is 0 Å². The van der Waals surface area contributed by atoms with Gasteiger partial charge in [-0.1, -0.05) is 18.2 Å². The van der Waals surface area contributed by atoms with Crippen LogP contribution in [0.25, 0.3) is 33.3 Å². The van der Waals surface area contributed by atoms with Crippen LogP contribution in [0, 0.1) is 6.92 Å². The van der Waals surface area contributed by atoms with Crippen LogP contribution in [0.1, 0.15) is 5.69 Å². The van der Waals surface area contributed by atoms with Gasteiger partial charge >= 0.3 is 0 Å². The Morgan fingerprint density at radius 1 is 1.06 bits per heavy atom. The summed E-state index contributed by atoms with van der Waals surface area (Å²) in [6.07, 6.45) is 2.13. The molecular formula is C16H13N2+. The van der Waals surface area contributed by atoms with Crippen LogP contribution in [0.3, 0.4) is 0 Å². The van der Waals surface area contributed by atoms with Crippen LogP contribution in [0.15, 0.2) is 42.6 Å². The average Bonchev–Trinajstić information content (AvgIpc) is 2.70. The lowest BCUT2D eigenvalue weighted by Crippen LogP contribution is -2.29. The van der Waals surface area contributed by atoms with Crippen molar-refractivity contribution in [2.75, 3.05) is 0 Å². The molecule has 0 radical (unpaired) electrons. The summed E-state index contributed by atoms with van der Waals surface area (Å²) in [5, 5.41) is 2.56. The third kappa shape index (κ3) is 1.07. The van der Waals surface area contributed by atoms with Gasteiger partial charge in [0.1, 0.15) is 7.05 Å². The van der Waals surface area contributed by atoms with Crippen molar-refractivity contribution < 1.29 is 4.57 Å². The SMILES string of the molecule is Cc1cc2cc[n+](C)c3c2c(n1)-c1ccccc1-3. The van der Waals surface area contributed by atoms with Crippen molar-refractivity contribution in [1.82, 2.24) is 4.98 Å². The maximum absolute atomic E-state index is 4.74. The highest BCUT2D eigenvalue weighted by atomic mass is 14.9. The highest BCUT2D eigenvalue weighted by Crippen LogP contribution is 2.43. The first-order valence-corrected chi connectivity index (χ1v) is 6.15. The van der Waals surface area contributed by atoms with Crippen LogP contribution in [-0.2, 0) is 7.05 Å². The largest absolute Gasteiger partial charge is 0.252 e. The Labute approximate surface area is 106 Å². The number of rotatable bonds is 0. The lowest BCUT2D eigenvalue weighted by Gasteiger charge is -2.01. The lowest BCUT2D eigenvalue weighted by atomic mass is 10.1. The Balaban J connectivity index is 2.31. The van der Waals surface area contributed by atoms with E-state index in [1.807, 2.05) is 0 Å². The number of hydrogen-bond donors (Lipinski definition) is 0. The molecule has 0 amide bonds. The summed E-state index contributed by atoms with van der Waals surface area (Å²) < 4.78 is 2.19. The lowest BCUT2D eigenvalue weighted by molar-refractivity contribution is -0.659. The normalized spacial score (nSPS) is 11.9. The number of nitrogens with zero attached hydrogens (tertiary/aromatic N) is 2. The highest BCUT2D eigenvalue weighted by molar-refractivity contribution is 6.11. The molecule has 0 bridgehead atoms. The van der Waals surface area contributed by atoms with E-state index in [0.29, 0.717) is 0 Å². The molecule has 0 N–H and O–H groups in total. The van der Waals surface area contributed by atoms with Gasteiger partial charge in [-0.25, -0.2) is 4.57 Å². The Morgan fingerprint density at radius 2 is 1.83 bits per heavy atom. The van der Waals surface area contributed by atoms with Gasteiger partial charge < -0.3 is 0 Å². The van der Waals surface area contributed by atoms with Crippen molar-refractivity contribution >= 4 is 10.8 Å². The molecular weight excluding hydrogens is 220 g/mol. The molecule has 2 heteroatoms. The fourth-order valence-electron chi connectivity index (χ4n) is 2.94. The summed E-state index contributed by atoms with van der Waals surface area (Å²) in [6, 6.07) is 12.9. The fraction of sp³-hybridized carbons (Fsp3) is 0.125. The number of fused-ring (bicyclic) bond motifs is 3. The minimum absolute atomic E-state index is 1.08. The predicted molar refractivity (Wildman–Crippen MR) is 72.1 cm³/mol. The van der Waals surface area contributed by atoms with Gasteiger partial charge in [0.15, 0.2) is 6.20 Å². The number of hydrogen-bond acceptors (Lipinski definition) is 1. The van der Waals surface area contributed by atoms with Gasteiger partial charge in [-0.2, -0.15) is 0 Å². The summed E-state index contributed by atoms with van der Waals surface area (Å²) in [6.45, 7) is 2.06. The molecule has 4 rings (SSSR count). The molecule has 0 saturated heterocycles. The molecule has 3 aromatic rings. The second kappa shape index (κ2) is 3.16. The van der Waals surface area contributed by atoms with Crippen LogP contribution in [0.4, 0.5) is 0 Å². The van der Waals surface area contributed by atoms with Gasteiger partial charge in [-0.15, -0.1) is 0 Å². The van der Waals surface area contributed by atoms with Crippen LogP contribution < -0.4 is 4.57 Å². The van der Waals surface area contributed by atoms with E-state index < -0.39 is 0 Å². The monoisotopic (exact) mass is 233 g/mol. The minimum Gasteiger partial charge on any atom is -0.252 e. The van der Waals surface area contributed by atoms with Crippen molar-refractivity contribution in [3.8, 4) is 22.5 Å². The zero-order valence-electron chi connectivity index (χ0n) is 10.4. The van der Waals surface area contributed by atoms with Crippen molar-refractivity contribution in [3.05, 3.63) is 48.3 Å². The fourth-order valence-corrected chi connectivity index (χ4v) is 2.94. The van der Waals surface area contributed by atoms with Gasteiger partial charge in [0, 0.05) is 17.3 Å². The van der Waals surface area contributed by atoms with Gasteiger partial charge in [-0.3, -0.25) is 4.98 Å². The van der Waals surface area contributed by atoms with Gasteiger partial charge in [0.05, 0.1) is 16.6 Å². The first-order chi connectivity index (χ1) is 8.75. The van der Waals surface area contributed by atoms with Crippen LogP contribution in [-0.4, -0.2) is 4.98 Å². The summed E-state index contributed by atoms with van der Waals surface area (Å²) in [4.78, 5) is 4.74. The Hall–Kier alpha value is -2.22. The van der Waals surface area contributed by atoms with E-state index in [4.69, 9.17) is 4.98 Å². The topological polar surface area (TPSA) is 16.8 Å². The van der Waals surface area contributed by atoms with E-state index in [9.17, 15) is 0 Å². The molecule has 18 heavy (non-hydrogen) atoms. The molecule has 1 aromatic carbocycles. The minimum atomic E-state index is 1.08. The first-order valence-electron chi connectivity index (χ1n) is 6.15. The van der Waals surface area contributed by atoms with E-state index in [1.165, 1.54) is 27.6 Å². The van der Waals surface area contributed by atoms with Gasteiger partial charge in [-0.05, 0) is 24.4 Å². The maximum Gasteiger partial charge on any atom is 0.223 e. The second-order valence-electron chi connectivity index (χ2n) is 4.90. The molecule has 1 aliphatic carbocycles. The second-order valence-corrected chi connectivity index (χ2v) is 4.90. The first kappa shape index (κ1) is 9.77. The van der Waals surface area contributed by atoms with Crippen molar-refractivity contribution in [1.29, 1.82) is 0 Å². The van der Waals surface area contributed by atoms with Crippen LogP contribution in [0.5, 0.6) is 0 Å². The average molecular weight is 233 g/mol. The Bertz CT molecular complexity index is 804. The molecule has 0 atom stereocenters. The predicted octanol–water partition coefficient (Wildman–Crippen LogP) is 3.02. The number of aryl methyl sites for hydroxylation is 2. The molecule has 0 aliphatic heterocycles. The Morgan fingerprint density at radius 3 is 2.67 bits per heavy atom. The molecule has 2 aromatic heterocycles. The van der Waals surface area contributed by atoms with Gasteiger partial charge in [0.25, 0.3) is 0 Å². The van der Waals surface area contributed by atoms with E-state index in [-0.39, 0.29) is 0 Å². The van der Waals surface area contributed by atoms with E-state index in [2.05, 4.69) is 61.1 Å². The Kier molecular flexibility index (Phi) is 1.72. The smallest absolute Gasteiger partial charge is 0.223 e. The third-order valence-corrected chi connectivity index (χ3v) is 3.68. The molecule has 2 nitrogen and oxygen atoms in total. The number of aromatic nitrogens is 2. The zero-order chi connectivity index (χ0) is 12.3. The van der Waals surface area contributed by atoms with E-state index >= 15 is 0 Å². The third-order valence-electron chi connectivity index (χ3n) is 3.68. The van der Waals surface area contributed by atoms with Crippen molar-refractivity contribution in [3.63, 3.8) is 0 Å².